The van der Waals surface area contributed by atoms with Crippen LogP contribution in [-0.4, -0.2) is 12.1 Å². The van der Waals surface area contributed by atoms with Crippen molar-refractivity contribution in [1.29, 1.82) is 5.26 Å². The molecule has 80 valence electrons. The number of methoxy groups -OCH3 is 1. The number of rotatable bonds is 3. The lowest BCUT2D eigenvalue weighted by Crippen LogP contribution is -1.91. The average Bonchev–Trinajstić information content (AvgIpc) is 2.35. The largest absolute Gasteiger partial charge is 0.497 e. The van der Waals surface area contributed by atoms with E-state index in [0.29, 0.717) is 12.8 Å². The standard InChI is InChI=1S/C13H12N2O/c1-16-11-4-5-12-10(9-11)6-8-15-13(12)3-2-7-14/h4-6,8-9H,2-3H2,1H3. The minimum atomic E-state index is 0.498. The third kappa shape index (κ3) is 1.96. The van der Waals surface area contributed by atoms with Gasteiger partial charge in [-0.3, -0.25) is 4.98 Å². The summed E-state index contributed by atoms with van der Waals surface area (Å²) in [5.41, 5.74) is 0.974. The Kier molecular flexibility index (Phi) is 3.02. The number of benzene rings is 1. The number of fused-ring (bicyclic) bond motifs is 1. The number of hydrogen-bond donors (Lipinski definition) is 0. The van der Waals surface area contributed by atoms with Gasteiger partial charge < -0.3 is 4.74 Å². The Hall–Kier alpha value is -2.08. The predicted octanol–water partition coefficient (Wildman–Crippen LogP) is 2.70. The van der Waals surface area contributed by atoms with Crippen LogP contribution in [0.3, 0.4) is 0 Å². The summed E-state index contributed by atoms with van der Waals surface area (Å²) in [7, 11) is 1.65. The molecule has 1 heterocycles. The summed E-state index contributed by atoms with van der Waals surface area (Å²) in [5, 5.41) is 10.8. The summed E-state index contributed by atoms with van der Waals surface area (Å²) in [4.78, 5) is 4.31. The van der Waals surface area contributed by atoms with Crippen LogP contribution in [0.2, 0.25) is 0 Å². The predicted molar refractivity (Wildman–Crippen MR) is 62.2 cm³/mol. The fraction of sp³-hybridized carbons (Fsp3) is 0.231. The third-order valence-electron chi connectivity index (χ3n) is 2.53. The first kappa shape index (κ1) is 10.4. The van der Waals surface area contributed by atoms with Crippen molar-refractivity contribution in [2.75, 3.05) is 7.11 Å². The summed E-state index contributed by atoms with van der Waals surface area (Å²) in [5.74, 6) is 0.838. The fourth-order valence-corrected chi connectivity index (χ4v) is 1.72. The van der Waals surface area contributed by atoms with E-state index in [4.69, 9.17) is 10.00 Å². The molecular weight excluding hydrogens is 200 g/mol. The van der Waals surface area contributed by atoms with Gasteiger partial charge >= 0.3 is 0 Å². The van der Waals surface area contributed by atoms with Crippen molar-refractivity contribution in [3.63, 3.8) is 0 Å². The summed E-state index contributed by atoms with van der Waals surface area (Å²) in [6.45, 7) is 0. The second kappa shape index (κ2) is 4.63. The Morgan fingerprint density at radius 1 is 1.38 bits per heavy atom. The molecule has 1 aromatic carbocycles. The van der Waals surface area contributed by atoms with Crippen LogP contribution >= 0.6 is 0 Å². The number of nitriles is 1. The summed E-state index contributed by atoms with van der Waals surface area (Å²) >= 11 is 0. The van der Waals surface area contributed by atoms with Gasteiger partial charge in [0.05, 0.1) is 13.2 Å². The quantitative estimate of drug-likeness (QED) is 0.785. The van der Waals surface area contributed by atoms with Crippen LogP contribution in [-0.2, 0) is 6.42 Å². The molecule has 0 saturated carbocycles. The summed E-state index contributed by atoms with van der Waals surface area (Å²) < 4.78 is 5.17. The van der Waals surface area contributed by atoms with Crippen molar-refractivity contribution in [2.24, 2.45) is 0 Å². The first-order valence-corrected chi connectivity index (χ1v) is 5.13. The number of aromatic nitrogens is 1. The Balaban J connectivity index is 2.48. The van der Waals surface area contributed by atoms with Crippen molar-refractivity contribution in [2.45, 2.75) is 12.8 Å². The maximum Gasteiger partial charge on any atom is 0.119 e. The first-order chi connectivity index (χ1) is 7.85. The fourth-order valence-electron chi connectivity index (χ4n) is 1.72. The molecule has 16 heavy (non-hydrogen) atoms. The Morgan fingerprint density at radius 3 is 3.00 bits per heavy atom. The Labute approximate surface area is 94.3 Å². The SMILES string of the molecule is COc1ccc2c(CCC#N)nccc2c1. The van der Waals surface area contributed by atoms with Crippen LogP contribution in [0, 0.1) is 11.3 Å². The second-order valence-electron chi connectivity index (χ2n) is 3.50. The zero-order chi connectivity index (χ0) is 11.4. The number of hydrogen-bond acceptors (Lipinski definition) is 3. The average molecular weight is 212 g/mol. The van der Waals surface area contributed by atoms with E-state index in [0.717, 1.165) is 22.2 Å². The lowest BCUT2D eigenvalue weighted by molar-refractivity contribution is 0.415. The molecule has 1 aromatic heterocycles. The van der Waals surface area contributed by atoms with Gasteiger partial charge in [-0.25, -0.2) is 0 Å². The molecule has 0 fully saturated rings. The molecule has 0 aliphatic heterocycles. The van der Waals surface area contributed by atoms with Crippen molar-refractivity contribution < 1.29 is 4.74 Å². The van der Waals surface area contributed by atoms with Crippen LogP contribution in [0.25, 0.3) is 10.8 Å². The third-order valence-corrected chi connectivity index (χ3v) is 2.53. The zero-order valence-electron chi connectivity index (χ0n) is 9.10. The van der Waals surface area contributed by atoms with E-state index in [-0.39, 0.29) is 0 Å². The molecule has 3 nitrogen and oxygen atoms in total. The normalized spacial score (nSPS) is 10.0. The van der Waals surface area contributed by atoms with Gasteiger partial charge in [0.15, 0.2) is 0 Å². The second-order valence-corrected chi connectivity index (χ2v) is 3.50. The Bertz CT molecular complexity index is 543. The van der Waals surface area contributed by atoms with Crippen LogP contribution in [0.5, 0.6) is 5.75 Å². The van der Waals surface area contributed by atoms with Gasteiger partial charge in [-0.05, 0) is 29.7 Å². The highest BCUT2D eigenvalue weighted by Crippen LogP contribution is 2.22. The molecule has 3 heteroatoms. The van der Waals surface area contributed by atoms with Gasteiger partial charge in [-0.15, -0.1) is 0 Å². The van der Waals surface area contributed by atoms with E-state index in [1.54, 1.807) is 13.3 Å². The molecule has 0 atom stereocenters. The van der Waals surface area contributed by atoms with Crippen LogP contribution in [0.1, 0.15) is 12.1 Å². The number of ether oxygens (including phenoxy) is 1. The highest BCUT2D eigenvalue weighted by molar-refractivity contribution is 5.85. The van der Waals surface area contributed by atoms with E-state index in [1.807, 2.05) is 24.3 Å². The molecule has 0 unspecified atom stereocenters. The lowest BCUT2D eigenvalue weighted by atomic mass is 10.1. The molecule has 0 amide bonds. The zero-order valence-corrected chi connectivity index (χ0v) is 9.10. The number of aryl methyl sites for hydroxylation is 1. The van der Waals surface area contributed by atoms with E-state index in [1.165, 1.54) is 0 Å². The Morgan fingerprint density at radius 2 is 2.25 bits per heavy atom. The van der Waals surface area contributed by atoms with Crippen LogP contribution in [0.4, 0.5) is 0 Å². The van der Waals surface area contributed by atoms with Gasteiger partial charge in [0.25, 0.3) is 0 Å². The van der Waals surface area contributed by atoms with Gasteiger partial charge in [-0.1, -0.05) is 0 Å². The molecule has 2 rings (SSSR count). The highest BCUT2D eigenvalue weighted by Gasteiger charge is 2.03. The van der Waals surface area contributed by atoms with Crippen molar-refractivity contribution >= 4 is 10.8 Å². The molecule has 2 aromatic rings. The molecule has 0 saturated heterocycles. The topological polar surface area (TPSA) is 45.9 Å². The van der Waals surface area contributed by atoms with Crippen LogP contribution in [0.15, 0.2) is 30.5 Å². The minimum Gasteiger partial charge on any atom is -0.497 e. The molecule has 0 bridgehead atoms. The van der Waals surface area contributed by atoms with Crippen molar-refractivity contribution in [3.8, 4) is 11.8 Å². The highest BCUT2D eigenvalue weighted by atomic mass is 16.5. The van der Waals surface area contributed by atoms with E-state index in [9.17, 15) is 0 Å². The first-order valence-electron chi connectivity index (χ1n) is 5.13. The smallest absolute Gasteiger partial charge is 0.119 e. The lowest BCUT2D eigenvalue weighted by Gasteiger charge is -2.05. The maximum absolute atomic E-state index is 8.58. The van der Waals surface area contributed by atoms with Crippen molar-refractivity contribution in [3.05, 3.63) is 36.2 Å². The molecule has 0 N–H and O–H groups in total. The van der Waals surface area contributed by atoms with Gasteiger partial charge in [0, 0.05) is 30.1 Å². The number of pyridine rings is 1. The summed E-state index contributed by atoms with van der Waals surface area (Å²) in [6.07, 6.45) is 2.97. The van der Waals surface area contributed by atoms with E-state index < -0.39 is 0 Å². The minimum absolute atomic E-state index is 0.498. The monoisotopic (exact) mass is 212 g/mol. The molecule has 0 aliphatic carbocycles. The molecule has 0 aliphatic rings. The molecular formula is C13H12N2O. The van der Waals surface area contributed by atoms with Gasteiger partial charge in [0.1, 0.15) is 5.75 Å². The van der Waals surface area contributed by atoms with E-state index in [2.05, 4.69) is 11.1 Å². The van der Waals surface area contributed by atoms with Crippen molar-refractivity contribution in [1.82, 2.24) is 4.98 Å². The molecule has 0 radical (unpaired) electrons. The molecule has 0 spiro atoms. The van der Waals surface area contributed by atoms with E-state index >= 15 is 0 Å². The van der Waals surface area contributed by atoms with Gasteiger partial charge in [-0.2, -0.15) is 5.26 Å². The summed E-state index contributed by atoms with van der Waals surface area (Å²) in [6, 6.07) is 9.98. The number of nitrogens with zero attached hydrogens (tertiary/aromatic N) is 2. The van der Waals surface area contributed by atoms with Crippen LogP contribution < -0.4 is 4.74 Å². The maximum atomic E-state index is 8.58. The van der Waals surface area contributed by atoms with Gasteiger partial charge in [0.2, 0.25) is 0 Å².